The molecule has 0 atom stereocenters. The summed E-state index contributed by atoms with van der Waals surface area (Å²) in [4.78, 5) is 11.5. The van der Waals surface area contributed by atoms with Gasteiger partial charge in [-0.15, -0.1) is 0 Å². The second kappa shape index (κ2) is 7.98. The van der Waals surface area contributed by atoms with E-state index in [0.717, 1.165) is 16.9 Å². The number of carbonyl (C=O) groups excluding carboxylic acids is 1. The number of nitrogens with one attached hydrogen (secondary N) is 1. The van der Waals surface area contributed by atoms with Crippen molar-refractivity contribution in [2.45, 2.75) is 33.2 Å². The van der Waals surface area contributed by atoms with Gasteiger partial charge in [-0.3, -0.25) is 4.79 Å². The third kappa shape index (κ3) is 4.70. The maximum Gasteiger partial charge on any atom is 0.222 e. The molecule has 0 saturated carbocycles. The van der Waals surface area contributed by atoms with E-state index in [2.05, 4.69) is 5.32 Å². The number of methoxy groups -OCH3 is 1. The largest absolute Gasteiger partial charge is 0.497 e. The van der Waals surface area contributed by atoms with Crippen LogP contribution in [0.3, 0.4) is 0 Å². The van der Waals surface area contributed by atoms with E-state index in [1.807, 2.05) is 32.0 Å². The average molecular weight is 354 g/mol. The number of carbonyl (C=O) groups is 1. The Kier molecular flexibility index (Phi) is 6.23. The number of amides is 1. The molecule has 1 aromatic rings. The zero-order valence-electron chi connectivity index (χ0n) is 14.5. The van der Waals surface area contributed by atoms with E-state index >= 15 is 0 Å². The first kappa shape index (κ1) is 18.7. The van der Waals surface area contributed by atoms with Crippen LogP contribution >= 0.6 is 0 Å². The molecular weight excluding hydrogens is 328 g/mol. The van der Waals surface area contributed by atoms with Crippen LogP contribution in [0.5, 0.6) is 5.75 Å². The highest BCUT2D eigenvalue weighted by Crippen LogP contribution is 2.25. The third-order valence-electron chi connectivity index (χ3n) is 4.19. The fraction of sp³-hybridized carbons (Fsp3) is 0.588. The Morgan fingerprint density at radius 2 is 2.08 bits per heavy atom. The molecule has 1 aliphatic rings. The van der Waals surface area contributed by atoms with Crippen LogP contribution in [-0.4, -0.2) is 44.6 Å². The van der Waals surface area contributed by atoms with Crippen LogP contribution in [-0.2, 0) is 27.8 Å². The summed E-state index contributed by atoms with van der Waals surface area (Å²) in [7, 11) is -1.68. The quantitative estimate of drug-likeness (QED) is 0.754. The molecule has 0 unspecified atom stereocenters. The Hall–Kier alpha value is -1.60. The van der Waals surface area contributed by atoms with Gasteiger partial charge in [0.15, 0.2) is 0 Å². The lowest BCUT2D eigenvalue weighted by atomic mass is 10.0. The van der Waals surface area contributed by atoms with Crippen molar-refractivity contribution in [2.75, 3.05) is 26.0 Å². The van der Waals surface area contributed by atoms with Crippen molar-refractivity contribution >= 4 is 15.9 Å². The van der Waals surface area contributed by atoms with Crippen molar-refractivity contribution in [2.24, 2.45) is 5.92 Å². The molecule has 0 bridgehead atoms. The number of ether oxygens (including phenoxy) is 1. The topological polar surface area (TPSA) is 75.7 Å². The number of hydrogen-bond acceptors (Lipinski definition) is 4. The summed E-state index contributed by atoms with van der Waals surface area (Å²) in [5, 5.41) is 2.75. The molecule has 1 amide bonds. The Morgan fingerprint density at radius 1 is 1.33 bits per heavy atom. The number of sulfonamides is 1. The van der Waals surface area contributed by atoms with Crippen LogP contribution < -0.4 is 10.1 Å². The summed E-state index contributed by atoms with van der Waals surface area (Å²) in [6.45, 7) is 4.90. The smallest absolute Gasteiger partial charge is 0.222 e. The van der Waals surface area contributed by atoms with Crippen LogP contribution in [0.1, 0.15) is 31.4 Å². The first-order valence-electron chi connectivity index (χ1n) is 8.25. The van der Waals surface area contributed by atoms with Crippen molar-refractivity contribution in [3.05, 3.63) is 29.3 Å². The molecular formula is C17H26N2O4S. The van der Waals surface area contributed by atoms with Crippen molar-refractivity contribution < 1.29 is 17.9 Å². The van der Waals surface area contributed by atoms with Crippen LogP contribution in [0.2, 0.25) is 0 Å². The van der Waals surface area contributed by atoms with Crippen LogP contribution in [0, 0.1) is 5.92 Å². The fourth-order valence-corrected chi connectivity index (χ4v) is 4.14. The maximum atomic E-state index is 12.5. The summed E-state index contributed by atoms with van der Waals surface area (Å²) in [5.74, 6) is 0.716. The zero-order valence-corrected chi connectivity index (χ0v) is 15.4. The van der Waals surface area contributed by atoms with E-state index in [-0.39, 0.29) is 17.6 Å². The molecule has 0 spiro atoms. The van der Waals surface area contributed by atoms with E-state index in [0.29, 0.717) is 32.5 Å². The van der Waals surface area contributed by atoms with Gasteiger partial charge < -0.3 is 10.1 Å². The van der Waals surface area contributed by atoms with Gasteiger partial charge in [0.25, 0.3) is 0 Å². The van der Waals surface area contributed by atoms with Crippen molar-refractivity contribution in [1.82, 2.24) is 9.62 Å². The highest BCUT2D eigenvalue weighted by atomic mass is 32.2. The van der Waals surface area contributed by atoms with Gasteiger partial charge in [-0.1, -0.05) is 19.9 Å². The number of rotatable bonds is 7. The Bertz CT molecular complexity index is 686. The van der Waals surface area contributed by atoms with Crippen molar-refractivity contribution in [3.63, 3.8) is 0 Å². The molecule has 1 aromatic carbocycles. The Labute approximate surface area is 144 Å². The molecule has 1 N–H and O–H groups in total. The predicted octanol–water partition coefficient (Wildman–Crippen LogP) is 1.55. The van der Waals surface area contributed by atoms with Crippen molar-refractivity contribution in [3.8, 4) is 5.75 Å². The molecule has 0 radical (unpaired) electrons. The molecule has 0 fully saturated rings. The highest BCUT2D eigenvalue weighted by molar-refractivity contribution is 7.89. The Balaban J connectivity index is 1.90. The van der Waals surface area contributed by atoms with Gasteiger partial charge in [-0.25, -0.2) is 8.42 Å². The molecule has 0 aliphatic carbocycles. The minimum absolute atomic E-state index is 0.0479. The van der Waals surface area contributed by atoms with Crippen molar-refractivity contribution in [1.29, 1.82) is 0 Å². The van der Waals surface area contributed by atoms with Gasteiger partial charge in [0, 0.05) is 25.6 Å². The minimum atomic E-state index is -3.31. The van der Waals surface area contributed by atoms with Gasteiger partial charge >= 0.3 is 0 Å². The van der Waals surface area contributed by atoms with Gasteiger partial charge in [0.1, 0.15) is 5.75 Å². The maximum absolute atomic E-state index is 12.5. The van der Waals surface area contributed by atoms with E-state index in [4.69, 9.17) is 4.74 Å². The lowest BCUT2D eigenvalue weighted by Crippen LogP contribution is -2.38. The Morgan fingerprint density at radius 3 is 2.75 bits per heavy atom. The molecule has 6 nitrogen and oxygen atoms in total. The first-order chi connectivity index (χ1) is 11.3. The number of benzene rings is 1. The first-order valence-corrected chi connectivity index (χ1v) is 9.85. The molecule has 2 rings (SSSR count). The SMILES string of the molecule is COc1ccc2c(c1)CCN(S(=O)(=O)CCCNC(=O)C(C)C)C2. The molecule has 0 saturated heterocycles. The lowest BCUT2D eigenvalue weighted by Gasteiger charge is -2.28. The van der Waals surface area contributed by atoms with Gasteiger partial charge in [-0.2, -0.15) is 4.31 Å². The summed E-state index contributed by atoms with van der Waals surface area (Å²) in [5.41, 5.74) is 2.17. The van der Waals surface area contributed by atoms with Gasteiger partial charge in [0.2, 0.25) is 15.9 Å². The molecule has 1 heterocycles. The molecule has 0 aromatic heterocycles. The predicted molar refractivity (Wildman–Crippen MR) is 93.4 cm³/mol. The number of hydrogen-bond donors (Lipinski definition) is 1. The minimum Gasteiger partial charge on any atom is -0.497 e. The molecule has 24 heavy (non-hydrogen) atoms. The normalized spacial score (nSPS) is 15.2. The number of fused-ring (bicyclic) bond motifs is 1. The lowest BCUT2D eigenvalue weighted by molar-refractivity contribution is -0.123. The zero-order chi connectivity index (χ0) is 17.7. The standard InChI is InChI=1S/C17H26N2O4S/c1-13(2)17(20)18-8-4-10-24(21,22)19-9-7-14-11-16(23-3)6-5-15(14)12-19/h5-6,11,13H,4,7-10,12H2,1-3H3,(H,18,20). The van der Waals surface area contributed by atoms with E-state index in [1.54, 1.807) is 7.11 Å². The summed E-state index contributed by atoms with van der Waals surface area (Å²) < 4.78 is 31.7. The molecule has 7 heteroatoms. The summed E-state index contributed by atoms with van der Waals surface area (Å²) in [6, 6.07) is 5.76. The fourth-order valence-electron chi connectivity index (χ4n) is 2.67. The summed E-state index contributed by atoms with van der Waals surface area (Å²) in [6.07, 6.45) is 1.11. The summed E-state index contributed by atoms with van der Waals surface area (Å²) >= 11 is 0. The van der Waals surface area contributed by atoms with E-state index < -0.39 is 10.0 Å². The van der Waals surface area contributed by atoms with Gasteiger partial charge in [0.05, 0.1) is 12.9 Å². The van der Waals surface area contributed by atoms with Gasteiger partial charge in [-0.05, 0) is 36.1 Å². The monoisotopic (exact) mass is 354 g/mol. The third-order valence-corrected chi connectivity index (χ3v) is 6.09. The highest BCUT2D eigenvalue weighted by Gasteiger charge is 2.26. The van der Waals surface area contributed by atoms with Crippen LogP contribution in [0.4, 0.5) is 0 Å². The number of nitrogens with zero attached hydrogens (tertiary/aromatic N) is 1. The second-order valence-corrected chi connectivity index (χ2v) is 8.42. The van der Waals surface area contributed by atoms with Crippen LogP contribution in [0.25, 0.3) is 0 Å². The average Bonchev–Trinajstić information content (AvgIpc) is 2.57. The van der Waals surface area contributed by atoms with Crippen LogP contribution in [0.15, 0.2) is 18.2 Å². The van der Waals surface area contributed by atoms with E-state index in [9.17, 15) is 13.2 Å². The molecule has 1 aliphatic heterocycles. The second-order valence-electron chi connectivity index (χ2n) is 6.33. The van der Waals surface area contributed by atoms with E-state index in [1.165, 1.54) is 4.31 Å². The molecule has 134 valence electrons.